The SMILES string of the molecule is CN1CCC(CN(C)CCC(N)c2cccc(Br)c2)C1. The van der Waals surface area contributed by atoms with E-state index in [-0.39, 0.29) is 6.04 Å². The average Bonchev–Trinajstić information content (AvgIpc) is 2.81. The fourth-order valence-electron chi connectivity index (χ4n) is 2.97. The summed E-state index contributed by atoms with van der Waals surface area (Å²) in [6, 6.07) is 8.45. The molecule has 2 rings (SSSR count). The molecule has 3 nitrogen and oxygen atoms in total. The first-order chi connectivity index (χ1) is 9.54. The van der Waals surface area contributed by atoms with E-state index in [2.05, 4.69) is 58.0 Å². The Hall–Kier alpha value is -0.420. The van der Waals surface area contributed by atoms with E-state index in [1.165, 1.54) is 31.6 Å². The number of rotatable bonds is 6. The normalized spacial score (nSPS) is 21.6. The maximum Gasteiger partial charge on any atom is 0.0307 e. The van der Waals surface area contributed by atoms with Crippen LogP contribution in [0.2, 0.25) is 0 Å². The number of halogens is 1. The third-order valence-corrected chi connectivity index (χ3v) is 4.65. The molecule has 0 amide bonds. The Bertz CT molecular complexity index is 424. The van der Waals surface area contributed by atoms with Gasteiger partial charge in [0.25, 0.3) is 0 Å². The minimum Gasteiger partial charge on any atom is -0.324 e. The number of nitrogens with zero attached hydrogens (tertiary/aromatic N) is 2. The van der Waals surface area contributed by atoms with Crippen LogP contribution in [0.25, 0.3) is 0 Å². The molecule has 0 aromatic heterocycles. The lowest BCUT2D eigenvalue weighted by atomic mass is 10.0. The minimum absolute atomic E-state index is 0.126. The molecule has 2 N–H and O–H groups in total. The van der Waals surface area contributed by atoms with Crippen molar-refractivity contribution in [2.45, 2.75) is 18.9 Å². The minimum atomic E-state index is 0.126. The van der Waals surface area contributed by atoms with Crippen molar-refractivity contribution in [3.05, 3.63) is 34.3 Å². The predicted molar refractivity (Wildman–Crippen MR) is 88.8 cm³/mol. The van der Waals surface area contributed by atoms with E-state index >= 15 is 0 Å². The zero-order valence-electron chi connectivity index (χ0n) is 12.6. The van der Waals surface area contributed by atoms with Crippen molar-refractivity contribution in [2.75, 3.05) is 40.3 Å². The topological polar surface area (TPSA) is 32.5 Å². The molecule has 20 heavy (non-hydrogen) atoms. The summed E-state index contributed by atoms with van der Waals surface area (Å²) in [5.74, 6) is 0.826. The van der Waals surface area contributed by atoms with E-state index in [1.807, 2.05) is 6.07 Å². The third-order valence-electron chi connectivity index (χ3n) is 4.16. The van der Waals surface area contributed by atoms with Crippen LogP contribution in [0.15, 0.2) is 28.7 Å². The first-order valence-electron chi connectivity index (χ1n) is 7.42. The quantitative estimate of drug-likeness (QED) is 0.864. The molecule has 2 atom stereocenters. The Labute approximate surface area is 131 Å². The maximum atomic E-state index is 6.29. The Kier molecular flexibility index (Phi) is 6.02. The monoisotopic (exact) mass is 339 g/mol. The molecule has 0 saturated carbocycles. The fraction of sp³-hybridized carbons (Fsp3) is 0.625. The number of hydrogen-bond acceptors (Lipinski definition) is 3. The smallest absolute Gasteiger partial charge is 0.0307 e. The van der Waals surface area contributed by atoms with Crippen molar-refractivity contribution < 1.29 is 0 Å². The predicted octanol–water partition coefficient (Wildman–Crippen LogP) is 2.72. The summed E-state index contributed by atoms with van der Waals surface area (Å²) in [6.45, 7) is 4.74. The number of benzene rings is 1. The molecule has 1 aromatic rings. The van der Waals surface area contributed by atoms with Gasteiger partial charge in [-0.05, 0) is 63.6 Å². The molecule has 0 spiro atoms. The van der Waals surface area contributed by atoms with Crippen molar-refractivity contribution in [3.8, 4) is 0 Å². The highest BCUT2D eigenvalue weighted by atomic mass is 79.9. The van der Waals surface area contributed by atoms with Crippen molar-refractivity contribution in [1.82, 2.24) is 9.80 Å². The lowest BCUT2D eigenvalue weighted by Gasteiger charge is -2.22. The summed E-state index contributed by atoms with van der Waals surface area (Å²) in [6.07, 6.45) is 2.34. The zero-order chi connectivity index (χ0) is 14.5. The van der Waals surface area contributed by atoms with Crippen LogP contribution in [0.4, 0.5) is 0 Å². The van der Waals surface area contributed by atoms with Gasteiger partial charge in [0.1, 0.15) is 0 Å². The van der Waals surface area contributed by atoms with Gasteiger partial charge in [-0.15, -0.1) is 0 Å². The van der Waals surface area contributed by atoms with Crippen LogP contribution in [0.3, 0.4) is 0 Å². The number of likely N-dealkylation sites (tertiary alicyclic amines) is 1. The summed E-state index contributed by atoms with van der Waals surface area (Å²) >= 11 is 3.50. The molecule has 0 radical (unpaired) electrons. The van der Waals surface area contributed by atoms with Gasteiger partial charge >= 0.3 is 0 Å². The van der Waals surface area contributed by atoms with Crippen LogP contribution in [-0.4, -0.2) is 50.1 Å². The van der Waals surface area contributed by atoms with Gasteiger partial charge in [-0.1, -0.05) is 28.1 Å². The van der Waals surface area contributed by atoms with Crippen molar-refractivity contribution in [3.63, 3.8) is 0 Å². The van der Waals surface area contributed by atoms with Crippen LogP contribution < -0.4 is 5.73 Å². The van der Waals surface area contributed by atoms with Gasteiger partial charge in [0.15, 0.2) is 0 Å². The summed E-state index contributed by atoms with van der Waals surface area (Å²) in [5.41, 5.74) is 7.50. The molecular formula is C16H26BrN3. The van der Waals surface area contributed by atoms with Crippen molar-refractivity contribution in [1.29, 1.82) is 0 Å². The second-order valence-electron chi connectivity index (χ2n) is 6.13. The highest BCUT2D eigenvalue weighted by Gasteiger charge is 2.20. The summed E-state index contributed by atoms with van der Waals surface area (Å²) < 4.78 is 1.10. The Morgan fingerprint density at radius 2 is 2.30 bits per heavy atom. The molecule has 0 bridgehead atoms. The molecule has 0 aliphatic carbocycles. The van der Waals surface area contributed by atoms with E-state index in [0.717, 1.165) is 23.4 Å². The standard InChI is InChI=1S/C16H26BrN3/c1-19-8-6-13(11-19)12-20(2)9-7-16(18)14-4-3-5-15(17)10-14/h3-5,10,13,16H,6-9,11-12,18H2,1-2H3. The van der Waals surface area contributed by atoms with E-state index in [9.17, 15) is 0 Å². The summed E-state index contributed by atoms with van der Waals surface area (Å²) in [4.78, 5) is 4.85. The highest BCUT2D eigenvalue weighted by Crippen LogP contribution is 2.20. The van der Waals surface area contributed by atoms with Crippen LogP contribution in [0.5, 0.6) is 0 Å². The molecule has 1 heterocycles. The van der Waals surface area contributed by atoms with Gasteiger partial charge in [0, 0.05) is 23.6 Å². The van der Waals surface area contributed by atoms with Gasteiger partial charge < -0.3 is 15.5 Å². The molecule has 1 saturated heterocycles. The fourth-order valence-corrected chi connectivity index (χ4v) is 3.39. The summed E-state index contributed by atoms with van der Waals surface area (Å²) in [7, 11) is 4.43. The Balaban J connectivity index is 1.74. The van der Waals surface area contributed by atoms with Gasteiger partial charge in [0.05, 0.1) is 0 Å². The second-order valence-corrected chi connectivity index (χ2v) is 7.05. The van der Waals surface area contributed by atoms with Crippen molar-refractivity contribution >= 4 is 15.9 Å². The van der Waals surface area contributed by atoms with E-state index in [1.54, 1.807) is 0 Å². The lowest BCUT2D eigenvalue weighted by Crippen LogP contribution is -2.30. The van der Waals surface area contributed by atoms with Gasteiger partial charge in [0.2, 0.25) is 0 Å². The Morgan fingerprint density at radius 3 is 2.95 bits per heavy atom. The molecule has 1 aliphatic heterocycles. The average molecular weight is 340 g/mol. The molecule has 1 fully saturated rings. The molecule has 1 aliphatic rings. The van der Waals surface area contributed by atoms with Crippen LogP contribution in [-0.2, 0) is 0 Å². The first kappa shape index (κ1) is 16.0. The largest absolute Gasteiger partial charge is 0.324 e. The number of hydrogen-bond donors (Lipinski definition) is 1. The van der Waals surface area contributed by atoms with Gasteiger partial charge in [-0.2, -0.15) is 0 Å². The maximum absolute atomic E-state index is 6.29. The van der Waals surface area contributed by atoms with E-state index in [4.69, 9.17) is 5.73 Å². The van der Waals surface area contributed by atoms with Crippen molar-refractivity contribution in [2.24, 2.45) is 11.7 Å². The third kappa shape index (κ3) is 4.85. The molecule has 2 unspecified atom stereocenters. The zero-order valence-corrected chi connectivity index (χ0v) is 14.1. The van der Waals surface area contributed by atoms with Crippen LogP contribution in [0.1, 0.15) is 24.4 Å². The van der Waals surface area contributed by atoms with Gasteiger partial charge in [-0.3, -0.25) is 0 Å². The highest BCUT2D eigenvalue weighted by molar-refractivity contribution is 9.10. The molecule has 112 valence electrons. The van der Waals surface area contributed by atoms with Crippen LogP contribution >= 0.6 is 15.9 Å². The molecular weight excluding hydrogens is 314 g/mol. The molecule has 1 aromatic carbocycles. The molecule has 4 heteroatoms. The number of nitrogens with two attached hydrogens (primary N) is 1. The van der Waals surface area contributed by atoms with E-state index in [0.29, 0.717) is 0 Å². The van der Waals surface area contributed by atoms with Gasteiger partial charge in [-0.25, -0.2) is 0 Å². The second kappa shape index (κ2) is 7.55. The summed E-state index contributed by atoms with van der Waals surface area (Å²) in [5, 5.41) is 0. The first-order valence-corrected chi connectivity index (χ1v) is 8.22. The van der Waals surface area contributed by atoms with Crippen LogP contribution in [0, 0.1) is 5.92 Å². The lowest BCUT2D eigenvalue weighted by molar-refractivity contribution is 0.265. The van der Waals surface area contributed by atoms with E-state index < -0.39 is 0 Å². The Morgan fingerprint density at radius 1 is 1.50 bits per heavy atom.